The monoisotopic (exact) mass is 476 g/mol. The van der Waals surface area contributed by atoms with E-state index in [1.807, 2.05) is 42.5 Å². The number of amides is 2. The molecule has 0 spiro atoms. The molecule has 7 heteroatoms. The van der Waals surface area contributed by atoms with Crippen molar-refractivity contribution in [1.29, 1.82) is 0 Å². The quantitative estimate of drug-likeness (QED) is 0.609. The van der Waals surface area contributed by atoms with Crippen LogP contribution in [-0.2, 0) is 20.7 Å². The van der Waals surface area contributed by atoms with Gasteiger partial charge in [0.1, 0.15) is 0 Å². The Kier molecular flexibility index (Phi) is 7.46. The molecule has 3 aliphatic rings. The Bertz CT molecular complexity index is 1010. The van der Waals surface area contributed by atoms with Gasteiger partial charge >= 0.3 is 0 Å². The number of hydrazine groups is 1. The Morgan fingerprint density at radius 2 is 1.91 bits per heavy atom. The van der Waals surface area contributed by atoms with Crippen LogP contribution < -0.4 is 15.8 Å². The van der Waals surface area contributed by atoms with E-state index in [0.29, 0.717) is 13.1 Å². The highest BCUT2D eigenvalue weighted by molar-refractivity contribution is 6.00. The van der Waals surface area contributed by atoms with E-state index < -0.39 is 0 Å². The summed E-state index contributed by atoms with van der Waals surface area (Å²) in [5.41, 5.74) is 6.27. The van der Waals surface area contributed by atoms with Crippen molar-refractivity contribution in [1.82, 2.24) is 10.3 Å². The topological polar surface area (TPSA) is 73.9 Å². The summed E-state index contributed by atoms with van der Waals surface area (Å²) < 4.78 is 5.86. The smallest absolute Gasteiger partial charge is 0.247 e. The second-order valence-electron chi connectivity index (χ2n) is 10.0. The van der Waals surface area contributed by atoms with Crippen LogP contribution in [0, 0.1) is 11.8 Å². The molecule has 4 atom stereocenters. The van der Waals surface area contributed by atoms with Gasteiger partial charge < -0.3 is 10.1 Å². The zero-order valence-corrected chi connectivity index (χ0v) is 20.5. The van der Waals surface area contributed by atoms with Gasteiger partial charge in [0.05, 0.1) is 29.7 Å². The summed E-state index contributed by atoms with van der Waals surface area (Å²) in [5.74, 6) is -0.657. The van der Waals surface area contributed by atoms with E-state index >= 15 is 0 Å². The first-order valence-electron chi connectivity index (χ1n) is 13.0. The molecule has 3 fully saturated rings. The summed E-state index contributed by atoms with van der Waals surface area (Å²) in [6.45, 7) is 4.98. The van der Waals surface area contributed by atoms with Crippen LogP contribution in [0.3, 0.4) is 0 Å². The lowest BCUT2D eigenvalue weighted by Gasteiger charge is -2.39. The van der Waals surface area contributed by atoms with E-state index in [1.54, 1.807) is 5.01 Å². The second-order valence-corrected chi connectivity index (χ2v) is 10.0. The highest BCUT2D eigenvalue weighted by Gasteiger charge is 2.51. The predicted octanol–water partition coefficient (Wildman–Crippen LogP) is 3.61. The van der Waals surface area contributed by atoms with Crippen LogP contribution in [0.25, 0.3) is 0 Å². The molecule has 5 rings (SSSR count). The summed E-state index contributed by atoms with van der Waals surface area (Å²) in [6.07, 6.45) is 5.67. The molecular formula is C28H36N4O3. The molecule has 4 unspecified atom stereocenters. The van der Waals surface area contributed by atoms with E-state index in [9.17, 15) is 9.59 Å². The van der Waals surface area contributed by atoms with E-state index in [0.717, 1.165) is 56.6 Å². The average molecular weight is 477 g/mol. The van der Waals surface area contributed by atoms with Gasteiger partial charge in [0.2, 0.25) is 11.8 Å². The number of piperidine rings is 1. The van der Waals surface area contributed by atoms with Crippen LogP contribution in [0.5, 0.6) is 0 Å². The SMILES string of the molecule is CCCCc1ccc(NC(=O)C2CN(CC3CCCO3)CC3C(=O)N(c4ccccc4)NC23)cc1. The number of hydrogen-bond acceptors (Lipinski definition) is 5. The van der Waals surface area contributed by atoms with Gasteiger partial charge in [0.15, 0.2) is 0 Å². The number of anilines is 2. The van der Waals surface area contributed by atoms with Gasteiger partial charge in [-0.05, 0) is 55.5 Å². The molecule has 2 aromatic rings. The third-order valence-corrected chi connectivity index (χ3v) is 7.47. The maximum atomic E-state index is 13.6. The minimum Gasteiger partial charge on any atom is -0.377 e. The lowest BCUT2D eigenvalue weighted by Crippen LogP contribution is -2.57. The largest absolute Gasteiger partial charge is 0.377 e. The molecule has 2 amide bonds. The third kappa shape index (κ3) is 5.42. The number of nitrogens with zero attached hydrogens (tertiary/aromatic N) is 2. The second kappa shape index (κ2) is 10.9. The highest BCUT2D eigenvalue weighted by Crippen LogP contribution is 2.33. The first kappa shape index (κ1) is 24.0. The number of nitrogens with one attached hydrogen (secondary N) is 2. The number of aryl methyl sites for hydroxylation is 1. The van der Waals surface area contributed by atoms with Crippen molar-refractivity contribution >= 4 is 23.2 Å². The summed E-state index contributed by atoms with van der Waals surface area (Å²) >= 11 is 0. The Morgan fingerprint density at radius 3 is 2.63 bits per heavy atom. The van der Waals surface area contributed by atoms with Crippen molar-refractivity contribution in [3.8, 4) is 0 Å². The normalized spacial score (nSPS) is 26.7. The Hall–Kier alpha value is -2.74. The molecule has 2 aromatic carbocycles. The van der Waals surface area contributed by atoms with Crippen LogP contribution in [0.4, 0.5) is 11.4 Å². The molecule has 0 bridgehead atoms. The number of rotatable bonds is 8. The molecule has 3 aliphatic heterocycles. The summed E-state index contributed by atoms with van der Waals surface area (Å²) in [5, 5.41) is 4.76. The molecule has 7 nitrogen and oxygen atoms in total. The van der Waals surface area contributed by atoms with Crippen molar-refractivity contribution in [2.75, 3.05) is 36.6 Å². The molecular weight excluding hydrogens is 440 g/mol. The van der Waals surface area contributed by atoms with E-state index in [2.05, 4.69) is 34.7 Å². The fourth-order valence-corrected chi connectivity index (χ4v) is 5.55. The molecule has 0 aliphatic carbocycles. The van der Waals surface area contributed by atoms with Crippen LogP contribution in [0.2, 0.25) is 0 Å². The van der Waals surface area contributed by atoms with Gasteiger partial charge in [-0.25, -0.2) is 10.4 Å². The maximum Gasteiger partial charge on any atom is 0.247 e. The molecule has 186 valence electrons. The van der Waals surface area contributed by atoms with Crippen LogP contribution >= 0.6 is 0 Å². The zero-order chi connectivity index (χ0) is 24.2. The molecule has 0 saturated carbocycles. The molecule has 35 heavy (non-hydrogen) atoms. The van der Waals surface area contributed by atoms with Gasteiger partial charge in [-0.15, -0.1) is 0 Å². The Morgan fingerprint density at radius 1 is 1.11 bits per heavy atom. The van der Waals surface area contributed by atoms with Gasteiger partial charge in [-0.2, -0.15) is 0 Å². The highest BCUT2D eigenvalue weighted by atomic mass is 16.5. The van der Waals surface area contributed by atoms with Crippen LogP contribution in [-0.4, -0.2) is 55.1 Å². The van der Waals surface area contributed by atoms with Crippen LogP contribution in [0.15, 0.2) is 54.6 Å². The van der Waals surface area contributed by atoms with E-state index in [4.69, 9.17) is 4.74 Å². The first-order chi connectivity index (χ1) is 17.1. The number of fused-ring (bicyclic) bond motifs is 1. The number of carbonyl (C=O) groups excluding carboxylic acids is 2. The number of para-hydroxylation sites is 1. The molecule has 3 heterocycles. The summed E-state index contributed by atoms with van der Waals surface area (Å²) in [4.78, 5) is 29.3. The standard InChI is InChI=1S/C28H36N4O3/c1-2-3-8-20-12-14-21(15-13-20)29-27(33)24-18-31(17-23-11-7-16-35-23)19-25-26(24)30-32(28(25)34)22-9-5-4-6-10-22/h4-6,9-10,12-15,23-26,30H,2-3,7-8,11,16-19H2,1H3,(H,29,33). The summed E-state index contributed by atoms with van der Waals surface area (Å²) in [7, 11) is 0. The number of carbonyl (C=O) groups is 2. The molecule has 2 N–H and O–H groups in total. The molecule has 0 aromatic heterocycles. The number of unbranched alkanes of at least 4 members (excludes halogenated alkanes) is 1. The van der Waals surface area contributed by atoms with E-state index in [1.165, 1.54) is 5.56 Å². The van der Waals surface area contributed by atoms with Gasteiger partial charge in [0.25, 0.3) is 0 Å². The minimum atomic E-state index is -0.354. The number of likely N-dealkylation sites (tertiary alicyclic amines) is 1. The minimum absolute atomic E-state index is 0.0244. The number of ether oxygens (including phenoxy) is 1. The summed E-state index contributed by atoms with van der Waals surface area (Å²) in [6, 6.07) is 17.5. The first-order valence-corrected chi connectivity index (χ1v) is 13.0. The van der Waals surface area contributed by atoms with Crippen molar-refractivity contribution < 1.29 is 14.3 Å². The van der Waals surface area contributed by atoms with Crippen molar-refractivity contribution in [3.63, 3.8) is 0 Å². The third-order valence-electron chi connectivity index (χ3n) is 7.47. The number of hydrogen-bond donors (Lipinski definition) is 2. The maximum absolute atomic E-state index is 13.6. The van der Waals surface area contributed by atoms with Gasteiger partial charge in [0, 0.05) is 31.9 Å². The van der Waals surface area contributed by atoms with Crippen molar-refractivity contribution in [2.24, 2.45) is 11.8 Å². The van der Waals surface area contributed by atoms with Crippen molar-refractivity contribution in [2.45, 2.75) is 51.2 Å². The fraction of sp³-hybridized carbons (Fsp3) is 0.500. The van der Waals surface area contributed by atoms with Gasteiger partial charge in [-0.3, -0.25) is 14.5 Å². The van der Waals surface area contributed by atoms with Crippen molar-refractivity contribution in [3.05, 3.63) is 60.2 Å². The molecule has 3 saturated heterocycles. The lowest BCUT2D eigenvalue weighted by molar-refractivity contribution is -0.126. The Balaban J connectivity index is 1.33. The zero-order valence-electron chi connectivity index (χ0n) is 20.5. The van der Waals surface area contributed by atoms with Crippen LogP contribution in [0.1, 0.15) is 38.2 Å². The molecule has 0 radical (unpaired) electrons. The predicted molar refractivity (Wildman–Crippen MR) is 137 cm³/mol. The Labute approximate surface area is 207 Å². The number of benzene rings is 2. The average Bonchev–Trinajstić information content (AvgIpc) is 3.51. The van der Waals surface area contributed by atoms with E-state index in [-0.39, 0.29) is 35.8 Å². The lowest BCUT2D eigenvalue weighted by atomic mass is 9.83. The van der Waals surface area contributed by atoms with Gasteiger partial charge in [-0.1, -0.05) is 43.7 Å². The fourth-order valence-electron chi connectivity index (χ4n) is 5.55.